The number of imidazole rings is 1. The predicted molar refractivity (Wildman–Crippen MR) is 80.8 cm³/mol. The Labute approximate surface area is 119 Å². The fourth-order valence-electron chi connectivity index (χ4n) is 2.04. The van der Waals surface area contributed by atoms with Gasteiger partial charge in [-0.1, -0.05) is 6.07 Å². The lowest BCUT2D eigenvalue weighted by atomic mass is 10.1. The smallest absolute Gasteiger partial charge is 0.315 e. The summed E-state index contributed by atoms with van der Waals surface area (Å²) in [6.45, 7) is 8.43. The zero-order valence-electron chi connectivity index (χ0n) is 12.5. The molecule has 108 valence electrons. The lowest BCUT2D eigenvalue weighted by Crippen LogP contribution is -2.46. The summed E-state index contributed by atoms with van der Waals surface area (Å²) in [6.07, 6.45) is 0.797. The van der Waals surface area contributed by atoms with Crippen molar-refractivity contribution in [1.82, 2.24) is 20.6 Å². The summed E-state index contributed by atoms with van der Waals surface area (Å²) in [5.41, 5.74) is 2.98. The SMILES string of the molecule is Cc1nc2ccc(CCNC(=O)NC(C)(C)C)cc2[nH]1. The van der Waals surface area contributed by atoms with Crippen LogP contribution in [0.3, 0.4) is 0 Å². The van der Waals surface area contributed by atoms with Gasteiger partial charge in [-0.15, -0.1) is 0 Å². The molecule has 1 aromatic heterocycles. The van der Waals surface area contributed by atoms with Gasteiger partial charge in [-0.05, 0) is 51.8 Å². The summed E-state index contributed by atoms with van der Waals surface area (Å²) in [7, 11) is 0. The van der Waals surface area contributed by atoms with Crippen LogP contribution in [0.15, 0.2) is 18.2 Å². The van der Waals surface area contributed by atoms with Crippen LogP contribution in [-0.4, -0.2) is 28.1 Å². The summed E-state index contributed by atoms with van der Waals surface area (Å²) in [6, 6.07) is 6.00. The van der Waals surface area contributed by atoms with Gasteiger partial charge in [0.1, 0.15) is 5.82 Å². The van der Waals surface area contributed by atoms with Gasteiger partial charge in [0.15, 0.2) is 0 Å². The Hall–Kier alpha value is -2.04. The van der Waals surface area contributed by atoms with Crippen LogP contribution in [0.1, 0.15) is 32.2 Å². The van der Waals surface area contributed by atoms with Crippen LogP contribution in [0, 0.1) is 6.92 Å². The van der Waals surface area contributed by atoms with Gasteiger partial charge in [-0.25, -0.2) is 9.78 Å². The molecular formula is C15H22N4O. The first-order valence-electron chi connectivity index (χ1n) is 6.85. The normalized spacial score (nSPS) is 11.6. The molecule has 0 aliphatic carbocycles. The number of hydrogen-bond donors (Lipinski definition) is 3. The van der Waals surface area contributed by atoms with Crippen molar-refractivity contribution in [2.24, 2.45) is 0 Å². The van der Waals surface area contributed by atoms with Crippen molar-refractivity contribution in [3.05, 3.63) is 29.6 Å². The molecule has 0 aliphatic heterocycles. The Morgan fingerprint density at radius 3 is 2.80 bits per heavy atom. The van der Waals surface area contributed by atoms with Gasteiger partial charge >= 0.3 is 6.03 Å². The van der Waals surface area contributed by atoms with Crippen LogP contribution < -0.4 is 10.6 Å². The standard InChI is InChI=1S/C15H22N4O/c1-10-17-12-6-5-11(9-13(12)18-10)7-8-16-14(20)19-15(2,3)4/h5-6,9H,7-8H2,1-4H3,(H,17,18)(H2,16,19,20). The second-order valence-corrected chi connectivity index (χ2v) is 6.05. The molecule has 2 rings (SSSR count). The number of aryl methyl sites for hydroxylation is 1. The number of aromatic amines is 1. The molecule has 0 fully saturated rings. The minimum absolute atomic E-state index is 0.129. The van der Waals surface area contributed by atoms with Crippen LogP contribution in [-0.2, 0) is 6.42 Å². The number of carbonyl (C=O) groups excluding carboxylic acids is 1. The monoisotopic (exact) mass is 274 g/mol. The molecule has 0 saturated heterocycles. The summed E-state index contributed by atoms with van der Waals surface area (Å²) < 4.78 is 0. The first-order valence-corrected chi connectivity index (χ1v) is 6.85. The number of aromatic nitrogens is 2. The maximum atomic E-state index is 11.6. The second-order valence-electron chi connectivity index (χ2n) is 6.05. The highest BCUT2D eigenvalue weighted by molar-refractivity contribution is 5.76. The Balaban J connectivity index is 1.88. The van der Waals surface area contributed by atoms with E-state index in [0.29, 0.717) is 6.54 Å². The molecule has 0 atom stereocenters. The average Bonchev–Trinajstić information content (AvgIpc) is 2.66. The van der Waals surface area contributed by atoms with Gasteiger partial charge in [-0.2, -0.15) is 0 Å². The maximum Gasteiger partial charge on any atom is 0.315 e. The molecule has 3 N–H and O–H groups in total. The zero-order valence-corrected chi connectivity index (χ0v) is 12.5. The van der Waals surface area contributed by atoms with E-state index in [9.17, 15) is 4.79 Å². The van der Waals surface area contributed by atoms with E-state index in [2.05, 4.69) is 26.7 Å². The van der Waals surface area contributed by atoms with Gasteiger partial charge in [0.05, 0.1) is 11.0 Å². The van der Waals surface area contributed by atoms with E-state index in [1.807, 2.05) is 39.8 Å². The second kappa shape index (κ2) is 5.53. The van der Waals surface area contributed by atoms with Gasteiger partial charge in [0.25, 0.3) is 0 Å². The molecule has 2 amide bonds. The van der Waals surface area contributed by atoms with Crippen molar-refractivity contribution in [3.8, 4) is 0 Å². The number of amides is 2. The molecule has 20 heavy (non-hydrogen) atoms. The van der Waals surface area contributed by atoms with E-state index in [0.717, 1.165) is 23.3 Å². The summed E-state index contributed by atoms with van der Waals surface area (Å²) in [5.74, 6) is 0.917. The zero-order chi connectivity index (χ0) is 14.8. The van der Waals surface area contributed by atoms with E-state index >= 15 is 0 Å². The van der Waals surface area contributed by atoms with Gasteiger partial charge in [0, 0.05) is 12.1 Å². The molecule has 0 unspecified atom stereocenters. The largest absolute Gasteiger partial charge is 0.342 e. The number of carbonyl (C=O) groups is 1. The van der Waals surface area contributed by atoms with Crippen molar-refractivity contribution >= 4 is 17.1 Å². The molecule has 2 aromatic rings. The Kier molecular flexibility index (Phi) is 3.97. The first-order chi connectivity index (χ1) is 9.33. The first kappa shape index (κ1) is 14.4. The van der Waals surface area contributed by atoms with Crippen LogP contribution in [0.5, 0.6) is 0 Å². The third-order valence-electron chi connectivity index (χ3n) is 2.85. The van der Waals surface area contributed by atoms with Crippen molar-refractivity contribution < 1.29 is 4.79 Å². The number of hydrogen-bond acceptors (Lipinski definition) is 2. The molecule has 0 spiro atoms. The van der Waals surface area contributed by atoms with Crippen LogP contribution in [0.2, 0.25) is 0 Å². The third kappa shape index (κ3) is 3.98. The molecule has 0 radical (unpaired) electrons. The number of nitrogens with one attached hydrogen (secondary N) is 3. The molecule has 0 bridgehead atoms. The number of benzene rings is 1. The lowest BCUT2D eigenvalue weighted by molar-refractivity contribution is 0.232. The summed E-state index contributed by atoms with van der Waals surface area (Å²) in [5, 5.41) is 5.74. The molecule has 1 heterocycles. The van der Waals surface area contributed by atoms with Crippen molar-refractivity contribution in [3.63, 3.8) is 0 Å². The average molecular weight is 274 g/mol. The topological polar surface area (TPSA) is 69.8 Å². The summed E-state index contributed by atoms with van der Waals surface area (Å²) >= 11 is 0. The Bertz CT molecular complexity index is 610. The number of nitrogens with zero attached hydrogens (tertiary/aromatic N) is 1. The fourth-order valence-corrected chi connectivity index (χ4v) is 2.04. The molecule has 5 nitrogen and oxygen atoms in total. The van der Waals surface area contributed by atoms with Crippen LogP contribution in [0.25, 0.3) is 11.0 Å². The maximum absolute atomic E-state index is 11.6. The molecule has 1 aromatic carbocycles. The minimum Gasteiger partial charge on any atom is -0.342 e. The summed E-state index contributed by atoms with van der Waals surface area (Å²) in [4.78, 5) is 19.2. The van der Waals surface area contributed by atoms with Crippen molar-refractivity contribution in [2.75, 3.05) is 6.54 Å². The third-order valence-corrected chi connectivity index (χ3v) is 2.85. The quantitative estimate of drug-likeness (QED) is 0.805. The lowest BCUT2D eigenvalue weighted by Gasteiger charge is -2.20. The van der Waals surface area contributed by atoms with Gasteiger partial charge in [-0.3, -0.25) is 0 Å². The molecule has 0 aliphatic rings. The van der Waals surface area contributed by atoms with Crippen molar-refractivity contribution in [2.45, 2.75) is 39.7 Å². The number of H-pyrrole nitrogens is 1. The van der Waals surface area contributed by atoms with E-state index in [4.69, 9.17) is 0 Å². The van der Waals surface area contributed by atoms with Gasteiger partial charge < -0.3 is 15.6 Å². The number of fused-ring (bicyclic) bond motifs is 1. The van der Waals surface area contributed by atoms with E-state index in [1.165, 1.54) is 5.56 Å². The van der Waals surface area contributed by atoms with Crippen LogP contribution >= 0.6 is 0 Å². The molecule has 0 saturated carbocycles. The van der Waals surface area contributed by atoms with Crippen LogP contribution in [0.4, 0.5) is 4.79 Å². The van der Waals surface area contributed by atoms with E-state index < -0.39 is 0 Å². The molecule has 5 heteroatoms. The number of urea groups is 1. The number of rotatable bonds is 3. The highest BCUT2D eigenvalue weighted by Crippen LogP contribution is 2.13. The highest BCUT2D eigenvalue weighted by atomic mass is 16.2. The Morgan fingerprint density at radius 1 is 1.35 bits per heavy atom. The van der Waals surface area contributed by atoms with E-state index in [1.54, 1.807) is 0 Å². The van der Waals surface area contributed by atoms with Crippen molar-refractivity contribution in [1.29, 1.82) is 0 Å². The molecular weight excluding hydrogens is 252 g/mol. The van der Waals surface area contributed by atoms with Gasteiger partial charge in [0.2, 0.25) is 0 Å². The predicted octanol–water partition coefficient (Wildman–Crippen LogP) is 2.51. The fraction of sp³-hybridized carbons (Fsp3) is 0.467. The Morgan fingerprint density at radius 2 is 2.10 bits per heavy atom. The highest BCUT2D eigenvalue weighted by Gasteiger charge is 2.12. The minimum atomic E-state index is -0.212. The van der Waals surface area contributed by atoms with E-state index in [-0.39, 0.29) is 11.6 Å².